The maximum atomic E-state index is 12.6. The number of amides is 1. The van der Waals surface area contributed by atoms with Gasteiger partial charge in [-0.2, -0.15) is 0 Å². The Hall–Kier alpha value is -1.10. The number of rotatable bonds is 4. The van der Waals surface area contributed by atoms with Crippen LogP contribution in [0.15, 0.2) is 0 Å². The molecule has 0 spiro atoms. The van der Waals surface area contributed by atoms with E-state index >= 15 is 0 Å². The van der Waals surface area contributed by atoms with Crippen molar-refractivity contribution in [2.24, 2.45) is 5.92 Å². The molecule has 3 atom stereocenters. The molecule has 2 aliphatic rings. The zero-order chi connectivity index (χ0) is 15.4. The van der Waals surface area contributed by atoms with Gasteiger partial charge < -0.3 is 10.0 Å². The summed E-state index contributed by atoms with van der Waals surface area (Å²) in [5, 5.41) is 9.10. The predicted molar refractivity (Wildman–Crippen MR) is 81.0 cm³/mol. The summed E-state index contributed by atoms with van der Waals surface area (Å²) < 4.78 is 0. The number of aliphatic carboxylic acids is 1. The van der Waals surface area contributed by atoms with Crippen molar-refractivity contribution in [3.05, 3.63) is 0 Å². The number of nitrogens with zero attached hydrogens (tertiary/aromatic N) is 2. The molecule has 5 heteroatoms. The highest BCUT2D eigenvalue weighted by molar-refractivity contribution is 5.79. The average molecular weight is 296 g/mol. The Morgan fingerprint density at radius 3 is 2.57 bits per heavy atom. The van der Waals surface area contributed by atoms with Crippen molar-refractivity contribution < 1.29 is 14.7 Å². The van der Waals surface area contributed by atoms with E-state index in [4.69, 9.17) is 5.11 Å². The number of hydrogen-bond donors (Lipinski definition) is 1. The van der Waals surface area contributed by atoms with Gasteiger partial charge in [0.05, 0.1) is 12.5 Å². The van der Waals surface area contributed by atoms with E-state index in [0.29, 0.717) is 32.0 Å². The van der Waals surface area contributed by atoms with E-state index in [0.717, 1.165) is 25.8 Å². The summed E-state index contributed by atoms with van der Waals surface area (Å²) in [6, 6.07) is 0.576. The van der Waals surface area contributed by atoms with Crippen LogP contribution >= 0.6 is 0 Å². The van der Waals surface area contributed by atoms with Gasteiger partial charge in [0.25, 0.3) is 0 Å². The van der Waals surface area contributed by atoms with Gasteiger partial charge in [0.15, 0.2) is 0 Å². The molecule has 5 nitrogen and oxygen atoms in total. The molecule has 0 aromatic heterocycles. The fourth-order valence-electron chi connectivity index (χ4n) is 3.70. The first-order chi connectivity index (χ1) is 10.0. The van der Waals surface area contributed by atoms with Crippen molar-refractivity contribution in [3.63, 3.8) is 0 Å². The molecule has 1 amide bonds. The van der Waals surface area contributed by atoms with Crippen molar-refractivity contribution in [2.75, 3.05) is 19.6 Å². The van der Waals surface area contributed by atoms with Gasteiger partial charge in [-0.15, -0.1) is 0 Å². The number of carbonyl (C=O) groups is 2. The highest BCUT2D eigenvalue weighted by atomic mass is 16.4. The van der Waals surface area contributed by atoms with Gasteiger partial charge in [0.1, 0.15) is 0 Å². The largest absolute Gasteiger partial charge is 0.481 e. The van der Waals surface area contributed by atoms with Crippen molar-refractivity contribution in [2.45, 2.75) is 64.5 Å². The van der Waals surface area contributed by atoms with Crippen molar-refractivity contribution >= 4 is 11.9 Å². The molecule has 2 heterocycles. The topological polar surface area (TPSA) is 60.9 Å². The molecule has 1 N–H and O–H groups in total. The second-order valence-corrected chi connectivity index (χ2v) is 6.52. The van der Waals surface area contributed by atoms with Crippen LogP contribution in [0.25, 0.3) is 0 Å². The van der Waals surface area contributed by atoms with Gasteiger partial charge >= 0.3 is 5.97 Å². The first-order valence-electron chi connectivity index (χ1n) is 8.29. The van der Waals surface area contributed by atoms with E-state index in [1.807, 2.05) is 6.92 Å². The third-order valence-electron chi connectivity index (χ3n) is 5.12. The number of carbonyl (C=O) groups excluding carboxylic acids is 1. The molecule has 0 aromatic carbocycles. The quantitative estimate of drug-likeness (QED) is 0.861. The number of hydrogen-bond acceptors (Lipinski definition) is 3. The number of piperidine rings is 2. The summed E-state index contributed by atoms with van der Waals surface area (Å²) in [4.78, 5) is 27.8. The van der Waals surface area contributed by atoms with Crippen LogP contribution in [0.2, 0.25) is 0 Å². The Labute approximate surface area is 127 Å². The molecule has 21 heavy (non-hydrogen) atoms. The first-order valence-corrected chi connectivity index (χ1v) is 8.29. The van der Waals surface area contributed by atoms with Crippen molar-refractivity contribution in [1.29, 1.82) is 0 Å². The predicted octanol–water partition coefficient (Wildman–Crippen LogP) is 1.96. The number of carboxylic acids is 1. The Bertz CT molecular complexity index is 386. The van der Waals surface area contributed by atoms with Crippen LogP contribution in [0.3, 0.4) is 0 Å². The minimum atomic E-state index is -0.699. The molecule has 2 saturated heterocycles. The molecule has 3 unspecified atom stereocenters. The highest BCUT2D eigenvalue weighted by Crippen LogP contribution is 2.24. The zero-order valence-electron chi connectivity index (χ0n) is 13.3. The maximum absolute atomic E-state index is 12.6. The lowest BCUT2D eigenvalue weighted by Gasteiger charge is -2.40. The van der Waals surface area contributed by atoms with Crippen LogP contribution in [-0.4, -0.2) is 58.5 Å². The van der Waals surface area contributed by atoms with Crippen molar-refractivity contribution in [3.8, 4) is 0 Å². The molecular formula is C16H28N2O3. The molecule has 2 fully saturated rings. The number of carboxylic acid groups (broad SMARTS) is 1. The van der Waals surface area contributed by atoms with Crippen LogP contribution < -0.4 is 0 Å². The van der Waals surface area contributed by atoms with E-state index in [1.165, 1.54) is 6.42 Å². The third kappa shape index (κ3) is 3.96. The zero-order valence-corrected chi connectivity index (χ0v) is 13.3. The summed E-state index contributed by atoms with van der Waals surface area (Å²) in [5.41, 5.74) is 0. The molecule has 0 radical (unpaired) electrons. The molecule has 0 bridgehead atoms. The van der Waals surface area contributed by atoms with Crippen molar-refractivity contribution in [1.82, 2.24) is 9.80 Å². The molecular weight excluding hydrogens is 268 g/mol. The SMILES string of the molecule is CCC1CCCCN1C(=O)CN1CCC(C(=O)O)CC1C. The minimum absolute atomic E-state index is 0.175. The fraction of sp³-hybridized carbons (Fsp3) is 0.875. The molecule has 120 valence electrons. The van der Waals surface area contributed by atoms with Gasteiger partial charge in [-0.25, -0.2) is 0 Å². The van der Waals surface area contributed by atoms with E-state index in [2.05, 4.69) is 16.7 Å². The van der Waals surface area contributed by atoms with Crippen LogP contribution in [-0.2, 0) is 9.59 Å². The monoisotopic (exact) mass is 296 g/mol. The minimum Gasteiger partial charge on any atom is -0.481 e. The van der Waals surface area contributed by atoms with E-state index in [9.17, 15) is 9.59 Å². The number of likely N-dealkylation sites (tertiary alicyclic amines) is 2. The van der Waals surface area contributed by atoms with Crippen LogP contribution in [0.4, 0.5) is 0 Å². The smallest absolute Gasteiger partial charge is 0.306 e. The summed E-state index contributed by atoms with van der Waals surface area (Å²) in [6.07, 6.45) is 5.80. The fourth-order valence-corrected chi connectivity index (χ4v) is 3.70. The van der Waals surface area contributed by atoms with E-state index in [-0.39, 0.29) is 17.9 Å². The van der Waals surface area contributed by atoms with Gasteiger partial charge in [-0.3, -0.25) is 14.5 Å². The lowest BCUT2D eigenvalue weighted by molar-refractivity contribution is -0.144. The summed E-state index contributed by atoms with van der Waals surface area (Å²) in [6.45, 7) is 6.24. The molecule has 0 aliphatic carbocycles. The molecule has 0 saturated carbocycles. The van der Waals surface area contributed by atoms with Gasteiger partial charge in [0.2, 0.25) is 5.91 Å². The van der Waals surface area contributed by atoms with Crippen LogP contribution in [0.1, 0.15) is 52.4 Å². The summed E-state index contributed by atoms with van der Waals surface area (Å²) in [5.74, 6) is -0.721. The summed E-state index contributed by atoms with van der Waals surface area (Å²) >= 11 is 0. The molecule has 2 rings (SSSR count). The highest BCUT2D eigenvalue weighted by Gasteiger charge is 2.32. The lowest BCUT2D eigenvalue weighted by atomic mass is 9.91. The molecule has 2 aliphatic heterocycles. The van der Waals surface area contributed by atoms with Crippen LogP contribution in [0.5, 0.6) is 0 Å². The lowest BCUT2D eigenvalue weighted by Crippen LogP contribution is -2.51. The van der Waals surface area contributed by atoms with Crippen LogP contribution in [0, 0.1) is 5.92 Å². The summed E-state index contributed by atoms with van der Waals surface area (Å²) in [7, 11) is 0. The Morgan fingerprint density at radius 2 is 1.95 bits per heavy atom. The van der Waals surface area contributed by atoms with Gasteiger partial charge in [-0.05, 0) is 52.0 Å². The Kier molecular flexibility index (Phi) is 5.62. The molecule has 0 aromatic rings. The first kappa shape index (κ1) is 16.3. The third-order valence-corrected chi connectivity index (χ3v) is 5.12. The standard InChI is InChI=1S/C16H28N2O3/c1-3-14-6-4-5-8-18(14)15(19)11-17-9-7-13(16(20)21)10-12(17)2/h12-14H,3-11H2,1-2H3,(H,20,21). The second-order valence-electron chi connectivity index (χ2n) is 6.52. The Morgan fingerprint density at radius 1 is 1.19 bits per heavy atom. The second kappa shape index (κ2) is 7.25. The van der Waals surface area contributed by atoms with Gasteiger partial charge in [0, 0.05) is 18.6 Å². The maximum Gasteiger partial charge on any atom is 0.306 e. The van der Waals surface area contributed by atoms with E-state index < -0.39 is 5.97 Å². The average Bonchev–Trinajstić information content (AvgIpc) is 2.48. The van der Waals surface area contributed by atoms with E-state index in [1.54, 1.807) is 0 Å². The van der Waals surface area contributed by atoms with Gasteiger partial charge in [-0.1, -0.05) is 6.92 Å². The Balaban J connectivity index is 1.89. The normalized spacial score (nSPS) is 31.1.